The van der Waals surface area contributed by atoms with Crippen molar-refractivity contribution in [3.05, 3.63) is 57.6 Å². The van der Waals surface area contributed by atoms with Crippen molar-refractivity contribution in [3.63, 3.8) is 0 Å². The van der Waals surface area contributed by atoms with Gasteiger partial charge >= 0.3 is 0 Å². The Hall–Kier alpha value is -2.51. The first-order valence-electron chi connectivity index (χ1n) is 8.44. The normalized spacial score (nSPS) is 12.6. The van der Waals surface area contributed by atoms with E-state index < -0.39 is 0 Å². The van der Waals surface area contributed by atoms with Gasteiger partial charge in [-0.1, -0.05) is 17.3 Å². The van der Waals surface area contributed by atoms with Gasteiger partial charge in [0.15, 0.2) is 5.82 Å². The lowest BCUT2D eigenvalue weighted by molar-refractivity contribution is 0.302. The van der Waals surface area contributed by atoms with Gasteiger partial charge in [-0.15, -0.1) is 11.3 Å². The number of aryl methyl sites for hydroxylation is 1. The topological polar surface area (TPSA) is 73.1 Å². The van der Waals surface area contributed by atoms with E-state index >= 15 is 0 Å². The maximum Gasteiger partial charge on any atom is 0.250 e. The number of thiazole rings is 1. The number of benzene rings is 1. The van der Waals surface area contributed by atoms with Crippen molar-refractivity contribution in [2.24, 2.45) is 0 Å². The summed E-state index contributed by atoms with van der Waals surface area (Å²) < 4.78 is 11.0. The molecule has 0 aliphatic carbocycles. The number of nitrogens with one attached hydrogen (secondary N) is 1. The summed E-state index contributed by atoms with van der Waals surface area (Å²) in [5.41, 5.74) is 1.99. The van der Waals surface area contributed by atoms with Crippen molar-refractivity contribution in [3.8, 4) is 5.75 Å². The molecule has 1 unspecified atom stereocenters. The number of likely N-dealkylation sites (N-methyl/N-ethyl adjacent to an activating group) is 1. The highest BCUT2D eigenvalue weighted by atomic mass is 32.1. The van der Waals surface area contributed by atoms with Crippen molar-refractivity contribution in [2.75, 3.05) is 7.05 Å². The standard InChI is InChI=1S/C19H22N4O2S/c1-13(20-3)10-18-22-19(25-23-18)9-6-15-4-7-17(8-5-15)24-11-16-12-26-14(2)21-16/h4-9,12-13,20H,10-11H2,1-3H3/b9-6+. The molecule has 7 heteroatoms. The fraction of sp³-hybridized carbons (Fsp3) is 0.316. The molecule has 0 bridgehead atoms. The summed E-state index contributed by atoms with van der Waals surface area (Å²) in [4.78, 5) is 8.75. The molecule has 2 heterocycles. The SMILES string of the molecule is CNC(C)Cc1noc(/C=C/c2ccc(OCc3csc(C)n3)cc2)n1. The highest BCUT2D eigenvalue weighted by Gasteiger charge is 2.07. The van der Waals surface area contributed by atoms with Crippen molar-refractivity contribution >= 4 is 23.5 Å². The minimum atomic E-state index is 0.310. The average molecular weight is 370 g/mol. The molecular formula is C19H22N4O2S. The van der Waals surface area contributed by atoms with E-state index in [1.54, 1.807) is 11.3 Å². The molecule has 1 N–H and O–H groups in total. The van der Waals surface area contributed by atoms with Crippen LogP contribution in [0.3, 0.4) is 0 Å². The molecule has 6 nitrogen and oxygen atoms in total. The van der Waals surface area contributed by atoms with Gasteiger partial charge in [0.25, 0.3) is 5.89 Å². The molecule has 0 saturated heterocycles. The zero-order valence-electron chi connectivity index (χ0n) is 15.1. The quantitative estimate of drug-likeness (QED) is 0.651. The summed E-state index contributed by atoms with van der Waals surface area (Å²) in [5, 5.41) is 10.2. The predicted octanol–water partition coefficient (Wildman–Crippen LogP) is 3.73. The van der Waals surface area contributed by atoms with Crippen LogP contribution in [0.25, 0.3) is 12.2 Å². The maximum absolute atomic E-state index is 5.75. The van der Waals surface area contributed by atoms with Crippen LogP contribution in [0.4, 0.5) is 0 Å². The van der Waals surface area contributed by atoms with Gasteiger partial charge in [0.1, 0.15) is 12.4 Å². The summed E-state index contributed by atoms with van der Waals surface area (Å²) in [6.07, 6.45) is 4.49. The van der Waals surface area contributed by atoms with Crippen molar-refractivity contribution in [2.45, 2.75) is 32.9 Å². The van der Waals surface area contributed by atoms with Crippen molar-refractivity contribution in [1.82, 2.24) is 20.4 Å². The molecule has 0 saturated carbocycles. The molecule has 136 valence electrons. The van der Waals surface area contributed by atoms with Gasteiger partial charge in [0.05, 0.1) is 10.7 Å². The largest absolute Gasteiger partial charge is 0.487 e. The molecule has 1 aromatic carbocycles. The maximum atomic E-state index is 5.75. The molecule has 26 heavy (non-hydrogen) atoms. The van der Waals surface area contributed by atoms with Gasteiger partial charge in [-0.3, -0.25) is 0 Å². The van der Waals surface area contributed by atoms with Crippen LogP contribution in [0, 0.1) is 6.92 Å². The molecule has 3 aromatic rings. The summed E-state index contributed by atoms with van der Waals surface area (Å²) in [7, 11) is 1.91. The Balaban J connectivity index is 1.54. The first kappa shape index (κ1) is 18.3. The number of aromatic nitrogens is 3. The predicted molar refractivity (Wildman–Crippen MR) is 103 cm³/mol. The van der Waals surface area contributed by atoms with E-state index in [1.165, 1.54) is 0 Å². The first-order chi connectivity index (χ1) is 12.6. The molecular weight excluding hydrogens is 348 g/mol. The fourth-order valence-corrected chi connectivity index (χ4v) is 2.87. The van der Waals surface area contributed by atoms with Gasteiger partial charge in [0, 0.05) is 23.9 Å². The number of rotatable bonds is 8. The second-order valence-electron chi connectivity index (χ2n) is 5.99. The summed E-state index contributed by atoms with van der Waals surface area (Å²) in [5.74, 6) is 2.02. The van der Waals surface area contributed by atoms with Gasteiger partial charge in [0.2, 0.25) is 0 Å². The lowest BCUT2D eigenvalue weighted by atomic mass is 10.2. The lowest BCUT2D eigenvalue weighted by Gasteiger charge is -2.04. The molecule has 0 aliphatic heterocycles. The van der Waals surface area contributed by atoms with E-state index in [2.05, 4.69) is 27.4 Å². The van der Waals surface area contributed by atoms with Crippen LogP contribution in [0.1, 0.15) is 34.9 Å². The van der Waals surface area contributed by atoms with Gasteiger partial charge in [-0.2, -0.15) is 4.98 Å². The summed E-state index contributed by atoms with van der Waals surface area (Å²) in [6, 6.07) is 8.15. The summed E-state index contributed by atoms with van der Waals surface area (Å²) in [6.45, 7) is 4.54. The van der Waals surface area contributed by atoms with E-state index in [0.29, 0.717) is 24.4 Å². The second-order valence-corrected chi connectivity index (χ2v) is 7.05. The molecule has 0 spiro atoms. The number of ether oxygens (including phenoxy) is 1. The van der Waals surface area contributed by atoms with E-state index in [4.69, 9.17) is 9.26 Å². The smallest absolute Gasteiger partial charge is 0.250 e. The van der Waals surface area contributed by atoms with Crippen molar-refractivity contribution in [1.29, 1.82) is 0 Å². The third-order valence-corrected chi connectivity index (χ3v) is 4.64. The van der Waals surface area contributed by atoms with Crippen LogP contribution in [-0.4, -0.2) is 28.2 Å². The molecule has 0 aliphatic rings. The number of hydrogen-bond donors (Lipinski definition) is 1. The van der Waals surface area contributed by atoms with E-state index in [-0.39, 0.29) is 0 Å². The van der Waals surface area contributed by atoms with Crippen molar-refractivity contribution < 1.29 is 9.26 Å². The van der Waals surface area contributed by atoms with E-state index in [1.807, 2.05) is 55.8 Å². The molecule has 3 rings (SSSR count). The molecule has 0 amide bonds. The van der Waals surface area contributed by atoms with Crippen LogP contribution in [0.15, 0.2) is 34.2 Å². The Morgan fingerprint density at radius 2 is 2.04 bits per heavy atom. The van der Waals surface area contributed by atoms with Crippen LogP contribution in [0.5, 0.6) is 5.75 Å². The Kier molecular flexibility index (Phi) is 6.14. The minimum Gasteiger partial charge on any atom is -0.487 e. The monoisotopic (exact) mass is 370 g/mol. The Labute approximate surface area is 156 Å². The molecule has 1 atom stereocenters. The second kappa shape index (κ2) is 8.73. The highest BCUT2D eigenvalue weighted by molar-refractivity contribution is 7.09. The Morgan fingerprint density at radius 1 is 1.23 bits per heavy atom. The lowest BCUT2D eigenvalue weighted by Crippen LogP contribution is -2.24. The van der Waals surface area contributed by atoms with E-state index in [9.17, 15) is 0 Å². The number of hydrogen-bond acceptors (Lipinski definition) is 7. The highest BCUT2D eigenvalue weighted by Crippen LogP contribution is 2.17. The van der Waals surface area contributed by atoms with Crippen LogP contribution < -0.4 is 10.1 Å². The van der Waals surface area contributed by atoms with Crippen LogP contribution in [-0.2, 0) is 13.0 Å². The van der Waals surface area contributed by atoms with Gasteiger partial charge < -0.3 is 14.6 Å². The minimum absolute atomic E-state index is 0.310. The molecule has 0 fully saturated rings. The fourth-order valence-electron chi connectivity index (χ4n) is 2.27. The third-order valence-electron chi connectivity index (χ3n) is 3.82. The first-order valence-corrected chi connectivity index (χ1v) is 9.32. The van der Waals surface area contributed by atoms with Crippen LogP contribution in [0.2, 0.25) is 0 Å². The summed E-state index contributed by atoms with van der Waals surface area (Å²) >= 11 is 1.63. The van der Waals surface area contributed by atoms with E-state index in [0.717, 1.165) is 28.4 Å². The van der Waals surface area contributed by atoms with Gasteiger partial charge in [-0.25, -0.2) is 4.98 Å². The molecule has 0 radical (unpaired) electrons. The van der Waals surface area contributed by atoms with Crippen LogP contribution >= 0.6 is 11.3 Å². The Bertz CT molecular complexity index is 855. The zero-order valence-corrected chi connectivity index (χ0v) is 15.9. The Morgan fingerprint density at radius 3 is 2.73 bits per heavy atom. The number of nitrogens with zero attached hydrogens (tertiary/aromatic N) is 3. The third kappa shape index (κ3) is 5.24. The molecule has 2 aromatic heterocycles. The average Bonchev–Trinajstić information content (AvgIpc) is 3.27. The van der Waals surface area contributed by atoms with Gasteiger partial charge in [-0.05, 0) is 44.7 Å². The zero-order chi connectivity index (χ0) is 18.4.